The molecular weight excluding hydrogens is 246 g/mol. The van der Waals surface area contributed by atoms with E-state index in [9.17, 15) is 9.90 Å². The van der Waals surface area contributed by atoms with Gasteiger partial charge in [-0.15, -0.1) is 0 Å². The second-order valence-corrected chi connectivity index (χ2v) is 4.38. The lowest BCUT2D eigenvalue weighted by Crippen LogP contribution is -2.38. The Bertz CT molecular complexity index is 408. The quantitative estimate of drug-likeness (QED) is 0.666. The van der Waals surface area contributed by atoms with Gasteiger partial charge in [-0.05, 0) is 24.1 Å². The Balaban J connectivity index is 2.58. The van der Waals surface area contributed by atoms with Gasteiger partial charge in [-0.2, -0.15) is 0 Å². The molecule has 2 unspecified atom stereocenters. The lowest BCUT2D eigenvalue weighted by atomic mass is 10.1. The molecule has 0 amide bonds. The molecular formula is C14H21NO4. The fourth-order valence-electron chi connectivity index (χ4n) is 1.82. The van der Waals surface area contributed by atoms with E-state index in [4.69, 9.17) is 9.84 Å². The Morgan fingerprint density at radius 2 is 2.21 bits per heavy atom. The smallest absolute Gasteiger partial charge is 0.320 e. The van der Waals surface area contributed by atoms with Gasteiger partial charge in [0.2, 0.25) is 0 Å². The zero-order chi connectivity index (χ0) is 14.3. The highest BCUT2D eigenvalue weighted by Crippen LogP contribution is 2.18. The van der Waals surface area contributed by atoms with Crippen LogP contribution in [-0.4, -0.2) is 35.9 Å². The van der Waals surface area contributed by atoms with Crippen LogP contribution in [-0.2, 0) is 4.79 Å². The van der Waals surface area contributed by atoms with Crippen LogP contribution in [0.1, 0.15) is 31.4 Å². The summed E-state index contributed by atoms with van der Waals surface area (Å²) >= 11 is 0. The lowest BCUT2D eigenvalue weighted by molar-refractivity contribution is -0.139. The van der Waals surface area contributed by atoms with Crippen LogP contribution >= 0.6 is 0 Å². The molecule has 1 aromatic carbocycles. The van der Waals surface area contributed by atoms with E-state index in [-0.39, 0.29) is 6.54 Å². The number of carboxylic acid groups (broad SMARTS) is 1. The largest absolute Gasteiger partial charge is 0.497 e. The van der Waals surface area contributed by atoms with Gasteiger partial charge < -0.3 is 20.3 Å². The summed E-state index contributed by atoms with van der Waals surface area (Å²) in [5, 5.41) is 21.9. The lowest BCUT2D eigenvalue weighted by Gasteiger charge is -2.17. The number of methoxy groups -OCH3 is 1. The van der Waals surface area contributed by atoms with Crippen LogP contribution in [0, 0.1) is 0 Å². The Morgan fingerprint density at radius 1 is 1.47 bits per heavy atom. The zero-order valence-electron chi connectivity index (χ0n) is 11.3. The molecule has 0 spiro atoms. The van der Waals surface area contributed by atoms with E-state index in [1.165, 1.54) is 0 Å². The molecule has 0 heterocycles. The summed E-state index contributed by atoms with van der Waals surface area (Å²) < 4.78 is 5.08. The summed E-state index contributed by atoms with van der Waals surface area (Å²) in [4.78, 5) is 11.0. The molecule has 2 atom stereocenters. The monoisotopic (exact) mass is 267 g/mol. The van der Waals surface area contributed by atoms with E-state index < -0.39 is 18.1 Å². The molecule has 0 radical (unpaired) electrons. The van der Waals surface area contributed by atoms with Crippen molar-refractivity contribution in [3.8, 4) is 5.75 Å². The maximum absolute atomic E-state index is 11.0. The highest BCUT2D eigenvalue weighted by Gasteiger charge is 2.17. The molecule has 0 aliphatic carbocycles. The molecule has 19 heavy (non-hydrogen) atoms. The predicted molar refractivity (Wildman–Crippen MR) is 72.3 cm³/mol. The number of ether oxygens (including phenoxy) is 1. The van der Waals surface area contributed by atoms with E-state index in [0.29, 0.717) is 17.7 Å². The minimum Gasteiger partial charge on any atom is -0.497 e. The standard InChI is InChI=1S/C14H21NO4/c1-3-5-12(14(17)18)15-9-13(16)10-6-4-7-11(8-10)19-2/h4,6-8,12-13,15-16H,3,5,9H2,1-2H3,(H,17,18). The number of aliphatic carboxylic acids is 1. The van der Waals surface area contributed by atoms with Gasteiger partial charge in [0, 0.05) is 6.54 Å². The fraction of sp³-hybridized carbons (Fsp3) is 0.500. The van der Waals surface area contributed by atoms with Crippen molar-refractivity contribution in [2.75, 3.05) is 13.7 Å². The molecule has 5 nitrogen and oxygen atoms in total. The van der Waals surface area contributed by atoms with Gasteiger partial charge >= 0.3 is 5.97 Å². The number of rotatable bonds is 8. The van der Waals surface area contributed by atoms with E-state index in [2.05, 4.69) is 5.32 Å². The molecule has 0 aliphatic rings. The van der Waals surface area contributed by atoms with Gasteiger partial charge in [0.15, 0.2) is 0 Å². The second kappa shape index (κ2) is 7.76. The van der Waals surface area contributed by atoms with E-state index >= 15 is 0 Å². The number of aliphatic hydroxyl groups is 1. The topological polar surface area (TPSA) is 78.8 Å². The van der Waals surface area contributed by atoms with Crippen molar-refractivity contribution in [3.63, 3.8) is 0 Å². The van der Waals surface area contributed by atoms with Gasteiger partial charge in [0.05, 0.1) is 13.2 Å². The van der Waals surface area contributed by atoms with Crippen LogP contribution in [0.5, 0.6) is 5.75 Å². The zero-order valence-corrected chi connectivity index (χ0v) is 11.3. The molecule has 0 fully saturated rings. The van der Waals surface area contributed by atoms with Crippen molar-refractivity contribution >= 4 is 5.97 Å². The normalized spacial score (nSPS) is 13.8. The van der Waals surface area contributed by atoms with Crippen LogP contribution in [0.3, 0.4) is 0 Å². The molecule has 1 aromatic rings. The van der Waals surface area contributed by atoms with Crippen molar-refractivity contribution in [2.24, 2.45) is 0 Å². The van der Waals surface area contributed by atoms with E-state index in [1.807, 2.05) is 6.92 Å². The van der Waals surface area contributed by atoms with Crippen molar-refractivity contribution in [1.82, 2.24) is 5.32 Å². The molecule has 3 N–H and O–H groups in total. The highest BCUT2D eigenvalue weighted by molar-refractivity contribution is 5.73. The molecule has 0 saturated heterocycles. The number of carbonyl (C=O) groups is 1. The number of aliphatic hydroxyl groups excluding tert-OH is 1. The Labute approximate surface area is 113 Å². The van der Waals surface area contributed by atoms with Crippen LogP contribution in [0.4, 0.5) is 0 Å². The third-order valence-corrected chi connectivity index (χ3v) is 2.91. The summed E-state index contributed by atoms with van der Waals surface area (Å²) in [6.07, 6.45) is 0.563. The van der Waals surface area contributed by atoms with Crippen molar-refractivity contribution in [2.45, 2.75) is 31.9 Å². The summed E-state index contributed by atoms with van der Waals surface area (Å²) in [7, 11) is 1.56. The summed E-state index contributed by atoms with van der Waals surface area (Å²) in [5.41, 5.74) is 0.701. The van der Waals surface area contributed by atoms with Gasteiger partial charge in [0.25, 0.3) is 0 Å². The molecule has 5 heteroatoms. The highest BCUT2D eigenvalue weighted by atomic mass is 16.5. The Hall–Kier alpha value is -1.59. The van der Waals surface area contributed by atoms with Gasteiger partial charge in [-0.3, -0.25) is 4.79 Å². The number of nitrogens with one attached hydrogen (secondary N) is 1. The van der Waals surface area contributed by atoms with Crippen molar-refractivity contribution < 1.29 is 19.7 Å². The minimum atomic E-state index is -0.889. The first-order chi connectivity index (χ1) is 9.08. The Morgan fingerprint density at radius 3 is 2.79 bits per heavy atom. The van der Waals surface area contributed by atoms with Crippen molar-refractivity contribution in [1.29, 1.82) is 0 Å². The average Bonchev–Trinajstić information content (AvgIpc) is 2.42. The maximum Gasteiger partial charge on any atom is 0.320 e. The van der Waals surface area contributed by atoms with Crippen LogP contribution in [0.15, 0.2) is 24.3 Å². The summed E-state index contributed by atoms with van der Waals surface area (Å²) in [6, 6.07) is 6.48. The van der Waals surface area contributed by atoms with Gasteiger partial charge in [-0.1, -0.05) is 25.5 Å². The second-order valence-electron chi connectivity index (χ2n) is 4.38. The molecule has 0 saturated carbocycles. The predicted octanol–water partition coefficient (Wildman–Crippen LogP) is 1.57. The summed E-state index contributed by atoms with van der Waals surface area (Å²) in [6.45, 7) is 2.13. The first kappa shape index (κ1) is 15.5. The number of carboxylic acids is 1. The SMILES string of the molecule is CCCC(NCC(O)c1cccc(OC)c1)C(=O)O. The first-order valence-corrected chi connectivity index (χ1v) is 6.36. The van der Waals surface area contributed by atoms with Crippen LogP contribution in [0.2, 0.25) is 0 Å². The summed E-state index contributed by atoms with van der Waals surface area (Å²) in [5.74, 6) is -0.223. The third kappa shape index (κ3) is 4.89. The first-order valence-electron chi connectivity index (χ1n) is 6.36. The molecule has 0 aromatic heterocycles. The van der Waals surface area contributed by atoms with E-state index in [0.717, 1.165) is 6.42 Å². The molecule has 0 bridgehead atoms. The Kier molecular flexibility index (Phi) is 6.32. The van der Waals surface area contributed by atoms with Crippen molar-refractivity contribution in [3.05, 3.63) is 29.8 Å². The van der Waals surface area contributed by atoms with E-state index in [1.54, 1.807) is 31.4 Å². The number of benzene rings is 1. The maximum atomic E-state index is 11.0. The minimum absolute atomic E-state index is 0.199. The van der Waals surface area contributed by atoms with Gasteiger partial charge in [0.1, 0.15) is 11.8 Å². The average molecular weight is 267 g/mol. The fourth-order valence-corrected chi connectivity index (χ4v) is 1.82. The van der Waals surface area contributed by atoms with Crippen LogP contribution < -0.4 is 10.1 Å². The number of hydrogen-bond donors (Lipinski definition) is 3. The van der Waals surface area contributed by atoms with Crippen LogP contribution in [0.25, 0.3) is 0 Å². The number of hydrogen-bond acceptors (Lipinski definition) is 4. The molecule has 106 valence electrons. The molecule has 0 aliphatic heterocycles. The molecule has 1 rings (SSSR count). The third-order valence-electron chi connectivity index (χ3n) is 2.91. The van der Waals surface area contributed by atoms with Gasteiger partial charge in [-0.25, -0.2) is 0 Å².